The topological polar surface area (TPSA) is 150 Å². The molecule has 4 rings (SSSR count). The first kappa shape index (κ1) is 41.2. The minimum atomic E-state index is -4.44. The van der Waals surface area contributed by atoms with Crippen LogP contribution >= 0.6 is 11.3 Å². The minimum absolute atomic E-state index is 0.0638. The van der Waals surface area contributed by atoms with Gasteiger partial charge in [0.05, 0.1) is 0 Å². The van der Waals surface area contributed by atoms with Crippen molar-refractivity contribution in [2.24, 2.45) is 0 Å². The molecule has 1 aliphatic rings. The van der Waals surface area contributed by atoms with Crippen molar-refractivity contribution in [1.29, 1.82) is 0 Å². The average Bonchev–Trinajstić information content (AvgIpc) is 3.54. The van der Waals surface area contributed by atoms with Gasteiger partial charge >= 0.3 is 0 Å². The number of carbonyl (C=O) groups is 1. The zero-order chi connectivity index (χ0) is 37.6. The zero-order valence-corrected chi connectivity index (χ0v) is 34.0. The van der Waals surface area contributed by atoms with E-state index in [-0.39, 0.29) is 26.5 Å². The third-order valence-electron chi connectivity index (χ3n) is 8.65. The highest BCUT2D eigenvalue weighted by Crippen LogP contribution is 2.40. The molecule has 12 nitrogen and oxygen atoms in total. The van der Waals surface area contributed by atoms with E-state index in [0.29, 0.717) is 36.5 Å². The first-order valence-corrected chi connectivity index (χ1v) is 22.6. The molecule has 2 heterocycles. The third-order valence-corrected chi connectivity index (χ3v) is 19.1. The molecule has 0 saturated heterocycles. The summed E-state index contributed by atoms with van der Waals surface area (Å²) in [6, 6.07) is 21.1. The molecule has 0 fully saturated rings. The van der Waals surface area contributed by atoms with Crippen molar-refractivity contribution >= 4 is 56.0 Å². The molecular formula is C35H51N3O9S3Si. The number of nitrogens with zero attached hydrogens (tertiary/aromatic N) is 1. The molecule has 2 aromatic carbocycles. The number of ether oxygens (including phenoxy) is 3. The first-order valence-electron chi connectivity index (χ1n) is 17.0. The fourth-order valence-electron chi connectivity index (χ4n) is 6.36. The highest BCUT2D eigenvalue weighted by Gasteiger charge is 2.51. The summed E-state index contributed by atoms with van der Waals surface area (Å²) in [6.07, 6.45) is -2.46. The van der Waals surface area contributed by atoms with E-state index >= 15 is 0 Å². The summed E-state index contributed by atoms with van der Waals surface area (Å²) in [5.74, 6) is -0.926. The molecule has 1 aliphatic heterocycles. The molecule has 51 heavy (non-hydrogen) atoms. The molecule has 16 heteroatoms. The van der Waals surface area contributed by atoms with Gasteiger partial charge in [-0.15, -0.1) is 11.3 Å². The van der Waals surface area contributed by atoms with Gasteiger partial charge in [0, 0.05) is 38.4 Å². The van der Waals surface area contributed by atoms with Crippen molar-refractivity contribution in [2.45, 2.75) is 93.1 Å². The Morgan fingerprint density at radius 1 is 1.00 bits per heavy atom. The SMILES string of the molecule is CCN[C@H]1CN(CCCOC)S(=O)(=O)c2sc(S(=O)(=O)NC(=O)[C@H](C)O[C@@H](C)O[C@@H](C)O[Si](c3ccccc3)(c3ccccc3)C(C)(C)C)cc21. The van der Waals surface area contributed by atoms with Crippen LogP contribution in [-0.2, 0) is 43.5 Å². The Kier molecular flexibility index (Phi) is 13.8. The van der Waals surface area contributed by atoms with Gasteiger partial charge in [0.25, 0.3) is 34.3 Å². The van der Waals surface area contributed by atoms with Crippen LogP contribution in [0, 0.1) is 0 Å². The Morgan fingerprint density at radius 3 is 2.12 bits per heavy atom. The lowest BCUT2D eigenvalue weighted by Gasteiger charge is -2.44. The highest BCUT2D eigenvalue weighted by atomic mass is 32.3. The number of nitrogens with one attached hydrogen (secondary N) is 2. The van der Waals surface area contributed by atoms with Gasteiger partial charge in [-0.05, 0) is 55.2 Å². The second-order valence-electron chi connectivity index (χ2n) is 13.4. The Balaban J connectivity index is 1.47. The molecule has 3 aromatic rings. The molecule has 2 N–H and O–H groups in total. The van der Waals surface area contributed by atoms with E-state index in [0.717, 1.165) is 10.4 Å². The molecule has 1 amide bonds. The summed E-state index contributed by atoms with van der Waals surface area (Å²) in [7, 11) is -9.79. The maximum absolute atomic E-state index is 13.5. The van der Waals surface area contributed by atoms with E-state index in [1.807, 2.05) is 43.3 Å². The second kappa shape index (κ2) is 17.1. The summed E-state index contributed by atoms with van der Waals surface area (Å²) in [5.41, 5.74) is 0.360. The number of rotatable bonds is 17. The van der Waals surface area contributed by atoms with Gasteiger partial charge < -0.3 is 24.0 Å². The van der Waals surface area contributed by atoms with Gasteiger partial charge in [-0.1, -0.05) is 88.4 Å². The van der Waals surface area contributed by atoms with Gasteiger partial charge in [-0.25, -0.2) is 21.6 Å². The molecule has 0 aliphatic carbocycles. The molecule has 0 bridgehead atoms. The fraction of sp³-hybridized carbons (Fsp3) is 0.514. The van der Waals surface area contributed by atoms with E-state index in [2.05, 4.69) is 55.1 Å². The number of benzene rings is 2. The summed E-state index contributed by atoms with van der Waals surface area (Å²) in [6.45, 7) is 14.5. The summed E-state index contributed by atoms with van der Waals surface area (Å²) >= 11 is 0.619. The van der Waals surface area contributed by atoms with Crippen LogP contribution in [0.15, 0.2) is 75.1 Å². The van der Waals surface area contributed by atoms with Gasteiger partial charge in [0.2, 0.25) is 0 Å². The fourth-order valence-corrected chi connectivity index (χ4v) is 15.9. The van der Waals surface area contributed by atoms with Crippen LogP contribution in [0.3, 0.4) is 0 Å². The van der Waals surface area contributed by atoms with Crippen LogP contribution in [-0.4, -0.2) is 87.4 Å². The van der Waals surface area contributed by atoms with Crippen molar-refractivity contribution in [2.75, 3.05) is 33.4 Å². The van der Waals surface area contributed by atoms with E-state index in [9.17, 15) is 21.6 Å². The standard InChI is InChI=1S/C35H51N3O9S3Si/c1-9-36-31-24-38(21-16-22-44-8)50(42,43)34-30(31)23-32(48-34)49(40,41)37-33(39)25(2)45-26(3)46-27(4)47-51(35(5,6)7,28-17-12-10-13-18-28)29-19-14-11-15-20-29/h10-15,17-20,23,25-27,31,36H,9,16,21-22,24H2,1-8H3,(H,37,39)/t25-,26+,27+,31-/m0/s1. The lowest BCUT2D eigenvalue weighted by molar-refractivity contribution is -0.220. The molecule has 0 saturated carbocycles. The molecule has 0 radical (unpaired) electrons. The van der Waals surface area contributed by atoms with E-state index in [1.165, 1.54) is 17.3 Å². The van der Waals surface area contributed by atoms with E-state index in [4.69, 9.17) is 18.6 Å². The number of carbonyl (C=O) groups excluding carboxylic acids is 1. The number of methoxy groups -OCH3 is 1. The smallest absolute Gasteiger partial charge is 0.273 e. The number of hydrogen-bond acceptors (Lipinski definition) is 11. The Hall–Kier alpha value is -2.51. The number of amides is 1. The van der Waals surface area contributed by atoms with E-state index < -0.39 is 59.0 Å². The van der Waals surface area contributed by atoms with Crippen LogP contribution in [0.1, 0.15) is 66.5 Å². The summed E-state index contributed by atoms with van der Waals surface area (Å²) in [5, 5.41) is 5.10. The predicted octanol–water partition coefficient (Wildman–Crippen LogP) is 3.93. The Bertz CT molecular complexity index is 1780. The van der Waals surface area contributed by atoms with E-state index in [1.54, 1.807) is 21.0 Å². The van der Waals surface area contributed by atoms with Crippen molar-refractivity contribution in [3.63, 3.8) is 0 Å². The maximum Gasteiger partial charge on any atom is 0.273 e. The largest absolute Gasteiger partial charge is 0.385 e. The lowest BCUT2D eigenvalue weighted by Crippen LogP contribution is -2.67. The lowest BCUT2D eigenvalue weighted by atomic mass is 10.1. The Labute approximate surface area is 308 Å². The maximum atomic E-state index is 13.5. The number of fused-ring (bicyclic) bond motifs is 1. The van der Waals surface area contributed by atoms with Crippen LogP contribution in [0.5, 0.6) is 0 Å². The number of thiophene rings is 1. The van der Waals surface area contributed by atoms with Gasteiger partial charge in [0.1, 0.15) is 20.8 Å². The number of likely N-dealkylation sites (N-methyl/N-ethyl adjacent to an activating group) is 1. The average molecular weight is 782 g/mol. The van der Waals surface area contributed by atoms with Crippen molar-refractivity contribution in [3.8, 4) is 0 Å². The van der Waals surface area contributed by atoms with Crippen LogP contribution in [0.2, 0.25) is 5.04 Å². The normalized spacial score (nSPS) is 18.5. The summed E-state index contributed by atoms with van der Waals surface area (Å²) in [4.78, 5) is 13.2. The van der Waals surface area contributed by atoms with Gasteiger partial charge in [0.15, 0.2) is 6.29 Å². The molecular weight excluding hydrogens is 731 g/mol. The highest BCUT2D eigenvalue weighted by molar-refractivity contribution is 7.94. The quantitative estimate of drug-likeness (QED) is 0.117. The molecule has 282 valence electrons. The summed E-state index contributed by atoms with van der Waals surface area (Å²) < 4.78 is 80.8. The van der Waals surface area contributed by atoms with Crippen molar-refractivity contribution < 1.29 is 40.3 Å². The van der Waals surface area contributed by atoms with Crippen LogP contribution in [0.25, 0.3) is 0 Å². The van der Waals surface area contributed by atoms with Crippen molar-refractivity contribution in [1.82, 2.24) is 14.3 Å². The van der Waals surface area contributed by atoms with Gasteiger partial charge in [-0.2, -0.15) is 4.31 Å². The van der Waals surface area contributed by atoms with Crippen molar-refractivity contribution in [3.05, 3.63) is 72.3 Å². The number of sulfonamides is 2. The van der Waals surface area contributed by atoms with Crippen LogP contribution in [0.4, 0.5) is 0 Å². The first-order chi connectivity index (χ1) is 24.0. The number of hydrogen-bond donors (Lipinski definition) is 2. The van der Waals surface area contributed by atoms with Crippen LogP contribution < -0.4 is 20.4 Å². The molecule has 0 spiro atoms. The van der Waals surface area contributed by atoms with Gasteiger partial charge in [-0.3, -0.25) is 4.79 Å². The minimum Gasteiger partial charge on any atom is -0.385 e. The third kappa shape index (κ3) is 9.35. The zero-order valence-electron chi connectivity index (χ0n) is 30.5. The predicted molar refractivity (Wildman–Crippen MR) is 201 cm³/mol. The second-order valence-corrected chi connectivity index (χ2v) is 22.8. The molecule has 0 unspecified atom stereocenters. The molecule has 1 aromatic heterocycles. The Morgan fingerprint density at radius 2 is 1.59 bits per heavy atom. The monoisotopic (exact) mass is 781 g/mol. The molecule has 4 atom stereocenters.